The van der Waals surface area contributed by atoms with E-state index in [1.165, 1.54) is 18.5 Å². The number of fused-ring (bicyclic) bond motifs is 5. The van der Waals surface area contributed by atoms with E-state index in [1.54, 1.807) is 11.1 Å². The van der Waals surface area contributed by atoms with E-state index in [0.717, 1.165) is 25.7 Å². The molecule has 0 aromatic carbocycles. The monoisotopic (exact) mass is 361 g/mol. The lowest BCUT2D eigenvalue weighted by atomic mass is 9.49. The van der Waals surface area contributed by atoms with Gasteiger partial charge in [-0.25, -0.2) is 4.98 Å². The van der Waals surface area contributed by atoms with E-state index in [1.807, 2.05) is 12.5 Å². The van der Waals surface area contributed by atoms with Crippen LogP contribution in [0.2, 0.25) is 0 Å². The van der Waals surface area contributed by atoms with Crippen molar-refractivity contribution < 1.29 is 0 Å². The van der Waals surface area contributed by atoms with E-state index in [0.29, 0.717) is 11.8 Å². The number of hydrogen-bond donors (Lipinski definition) is 0. The van der Waals surface area contributed by atoms with E-state index in [4.69, 9.17) is 5.53 Å². The third-order valence-corrected chi connectivity index (χ3v) is 8.08. The van der Waals surface area contributed by atoms with E-state index in [-0.39, 0.29) is 16.9 Å². The van der Waals surface area contributed by atoms with Gasteiger partial charge < -0.3 is 4.57 Å². The Balaban J connectivity index is 1.47. The molecule has 4 aliphatic rings. The summed E-state index contributed by atoms with van der Waals surface area (Å²) in [7, 11) is 0. The molecule has 1 heterocycles. The SMILES string of the molecule is C[C@]12CC[C@H]3[C@@H](CC=C4C[C@H](N=[N+]=[N-])CC[C@@]43C)C1=CC=C2n1ccnc1. The van der Waals surface area contributed by atoms with Gasteiger partial charge in [0, 0.05) is 34.5 Å². The van der Waals surface area contributed by atoms with Crippen LogP contribution >= 0.6 is 0 Å². The zero-order chi connectivity index (χ0) is 18.6. The van der Waals surface area contributed by atoms with Crippen molar-refractivity contribution in [3.63, 3.8) is 0 Å². The molecule has 0 amide bonds. The number of hydrogen-bond acceptors (Lipinski definition) is 2. The summed E-state index contributed by atoms with van der Waals surface area (Å²) in [6.45, 7) is 4.90. The Kier molecular flexibility index (Phi) is 3.67. The molecular weight excluding hydrogens is 334 g/mol. The van der Waals surface area contributed by atoms with Gasteiger partial charge >= 0.3 is 0 Å². The Bertz CT molecular complexity index is 901. The molecule has 0 spiro atoms. The molecule has 27 heavy (non-hydrogen) atoms. The highest BCUT2D eigenvalue weighted by Crippen LogP contribution is 2.64. The molecule has 5 atom stereocenters. The van der Waals surface area contributed by atoms with E-state index >= 15 is 0 Å². The largest absolute Gasteiger partial charge is 0.309 e. The summed E-state index contributed by atoms with van der Waals surface area (Å²) < 4.78 is 2.20. The van der Waals surface area contributed by atoms with Crippen LogP contribution in [0.15, 0.2) is 53.2 Å². The summed E-state index contributed by atoms with van der Waals surface area (Å²) in [6, 6.07) is 0.153. The van der Waals surface area contributed by atoms with Crippen molar-refractivity contribution in [3.05, 3.63) is 58.5 Å². The maximum atomic E-state index is 8.82. The standard InChI is InChI=1S/C22H27N5/c1-21-9-7-16(25-26-23)13-15(21)3-4-17-18-5-6-20(27-12-11-24-14-27)22(18,2)10-8-19(17)21/h3,5-6,11-12,14,16-17,19H,4,7-10,13H2,1-2H3/t16-,17+,19+,21+,22+/m1/s1. The van der Waals surface area contributed by atoms with Crippen LogP contribution in [0.3, 0.4) is 0 Å². The van der Waals surface area contributed by atoms with Gasteiger partial charge in [0.1, 0.15) is 0 Å². The lowest BCUT2D eigenvalue weighted by Crippen LogP contribution is -2.47. The third-order valence-electron chi connectivity index (χ3n) is 8.08. The predicted octanol–water partition coefficient (Wildman–Crippen LogP) is 5.90. The van der Waals surface area contributed by atoms with E-state index < -0.39 is 0 Å². The zero-order valence-corrected chi connectivity index (χ0v) is 16.2. The van der Waals surface area contributed by atoms with Crippen molar-refractivity contribution in [2.24, 2.45) is 27.8 Å². The first kappa shape index (κ1) is 16.9. The molecule has 2 saturated carbocycles. The van der Waals surface area contributed by atoms with Gasteiger partial charge in [-0.15, -0.1) is 0 Å². The maximum Gasteiger partial charge on any atom is 0.0989 e. The Labute approximate surface area is 160 Å². The molecule has 0 unspecified atom stereocenters. The molecule has 0 saturated heterocycles. The first-order chi connectivity index (χ1) is 13.1. The van der Waals surface area contributed by atoms with Crippen LogP contribution in [0.5, 0.6) is 0 Å². The number of rotatable bonds is 2. The number of azide groups is 1. The normalized spacial score (nSPS) is 39.9. The molecule has 0 bridgehead atoms. The second-order valence-corrected chi connectivity index (χ2v) is 9.21. The van der Waals surface area contributed by atoms with Crippen molar-refractivity contribution in [2.45, 2.75) is 58.4 Å². The summed E-state index contributed by atoms with van der Waals surface area (Å²) in [6.07, 6.45) is 19.8. The Hall–Kier alpha value is -2.26. The molecule has 5 nitrogen and oxygen atoms in total. The second kappa shape index (κ2) is 5.87. The van der Waals surface area contributed by atoms with Crippen LogP contribution in [0.1, 0.15) is 52.4 Å². The minimum absolute atomic E-state index is 0.131. The van der Waals surface area contributed by atoms with Crippen LogP contribution in [0, 0.1) is 22.7 Å². The number of imidazole rings is 1. The average Bonchev–Trinajstić information content (AvgIpc) is 3.29. The molecule has 0 N–H and O–H groups in total. The minimum atomic E-state index is 0.131. The lowest BCUT2D eigenvalue weighted by molar-refractivity contribution is 0.0731. The summed E-state index contributed by atoms with van der Waals surface area (Å²) in [5, 5.41) is 4.02. The van der Waals surface area contributed by atoms with Gasteiger partial charge in [-0.3, -0.25) is 0 Å². The van der Waals surface area contributed by atoms with Gasteiger partial charge in [0.05, 0.1) is 6.33 Å². The number of nitrogens with zero attached hydrogens (tertiary/aromatic N) is 5. The van der Waals surface area contributed by atoms with Crippen molar-refractivity contribution in [1.82, 2.24) is 9.55 Å². The summed E-state index contributed by atoms with van der Waals surface area (Å²) >= 11 is 0. The van der Waals surface area contributed by atoms with Crippen LogP contribution in [0.25, 0.3) is 16.1 Å². The van der Waals surface area contributed by atoms with Crippen LogP contribution < -0.4 is 0 Å². The van der Waals surface area contributed by atoms with Gasteiger partial charge in [0.25, 0.3) is 0 Å². The highest BCUT2D eigenvalue weighted by atomic mass is 15.1. The smallest absolute Gasteiger partial charge is 0.0989 e. The highest BCUT2D eigenvalue weighted by molar-refractivity contribution is 5.66. The first-order valence-corrected chi connectivity index (χ1v) is 10.2. The molecule has 5 rings (SSSR count). The van der Waals surface area contributed by atoms with Crippen molar-refractivity contribution in [1.29, 1.82) is 0 Å². The van der Waals surface area contributed by atoms with E-state index in [2.05, 4.69) is 57.8 Å². The molecule has 5 heteroatoms. The Morgan fingerprint density at radius 2 is 2.15 bits per heavy atom. The first-order valence-electron chi connectivity index (χ1n) is 10.2. The third kappa shape index (κ3) is 2.31. The molecular formula is C22H27N5. The quantitative estimate of drug-likeness (QED) is 0.280. The second-order valence-electron chi connectivity index (χ2n) is 9.21. The fourth-order valence-corrected chi connectivity index (χ4v) is 6.58. The van der Waals surface area contributed by atoms with Gasteiger partial charge in [0.15, 0.2) is 0 Å². The number of aromatic nitrogens is 2. The van der Waals surface area contributed by atoms with Gasteiger partial charge in [0.2, 0.25) is 0 Å². The Morgan fingerprint density at radius 3 is 2.93 bits per heavy atom. The van der Waals surface area contributed by atoms with Gasteiger partial charge in [-0.1, -0.05) is 42.3 Å². The minimum Gasteiger partial charge on any atom is -0.309 e. The van der Waals surface area contributed by atoms with Crippen LogP contribution in [0.4, 0.5) is 0 Å². The molecule has 2 fully saturated rings. The van der Waals surface area contributed by atoms with Gasteiger partial charge in [-0.05, 0) is 67.4 Å². The van der Waals surface area contributed by atoms with Crippen molar-refractivity contribution in [3.8, 4) is 0 Å². The molecule has 140 valence electrons. The molecule has 1 aromatic rings. The van der Waals surface area contributed by atoms with E-state index in [9.17, 15) is 0 Å². The predicted molar refractivity (Wildman–Crippen MR) is 106 cm³/mol. The fourth-order valence-electron chi connectivity index (χ4n) is 6.58. The fraction of sp³-hybridized carbons (Fsp3) is 0.591. The topological polar surface area (TPSA) is 66.6 Å². The Morgan fingerprint density at radius 1 is 1.26 bits per heavy atom. The van der Waals surface area contributed by atoms with Crippen LogP contribution in [-0.2, 0) is 0 Å². The summed E-state index contributed by atoms with van der Waals surface area (Å²) in [4.78, 5) is 7.32. The van der Waals surface area contributed by atoms with Crippen LogP contribution in [-0.4, -0.2) is 15.6 Å². The molecule has 0 radical (unpaired) electrons. The molecule has 0 aliphatic heterocycles. The highest BCUT2D eigenvalue weighted by Gasteiger charge is 2.54. The molecule has 4 aliphatic carbocycles. The average molecular weight is 361 g/mol. The van der Waals surface area contributed by atoms with Crippen molar-refractivity contribution in [2.75, 3.05) is 0 Å². The zero-order valence-electron chi connectivity index (χ0n) is 16.2. The van der Waals surface area contributed by atoms with Gasteiger partial charge in [-0.2, -0.15) is 0 Å². The summed E-state index contributed by atoms with van der Waals surface area (Å²) in [5.74, 6) is 1.34. The lowest BCUT2D eigenvalue weighted by Gasteiger charge is -2.56. The maximum absolute atomic E-state index is 8.82. The van der Waals surface area contributed by atoms with Crippen molar-refractivity contribution >= 4 is 5.70 Å². The summed E-state index contributed by atoms with van der Waals surface area (Å²) in [5.41, 5.74) is 13.8. The molecule has 1 aromatic heterocycles. The number of allylic oxidation sites excluding steroid dienone is 5.